The van der Waals surface area contributed by atoms with Crippen LogP contribution in [0.4, 0.5) is 5.69 Å². The second kappa shape index (κ2) is 3.12. The SMILES string of the molecule is COc1ccc2sc(S)cc2c1N. The molecule has 0 aliphatic heterocycles. The van der Waals surface area contributed by atoms with Crippen LogP contribution >= 0.6 is 24.0 Å². The predicted octanol–water partition coefficient (Wildman–Crippen LogP) is 2.78. The molecule has 0 amide bonds. The zero-order valence-corrected chi connectivity index (χ0v) is 8.78. The van der Waals surface area contributed by atoms with Crippen LogP contribution in [0, 0.1) is 0 Å². The second-order valence-corrected chi connectivity index (χ2v) is 4.55. The van der Waals surface area contributed by atoms with E-state index in [-0.39, 0.29) is 0 Å². The lowest BCUT2D eigenvalue weighted by Crippen LogP contribution is -1.91. The quantitative estimate of drug-likeness (QED) is 0.562. The van der Waals surface area contributed by atoms with Gasteiger partial charge in [0.25, 0.3) is 0 Å². The van der Waals surface area contributed by atoms with Crippen LogP contribution in [-0.2, 0) is 0 Å². The van der Waals surface area contributed by atoms with Gasteiger partial charge in [0.05, 0.1) is 17.0 Å². The number of ether oxygens (including phenoxy) is 1. The molecule has 2 N–H and O–H groups in total. The Labute approximate surface area is 85.7 Å². The molecule has 2 aromatic rings. The summed E-state index contributed by atoms with van der Waals surface area (Å²) in [7, 11) is 1.62. The van der Waals surface area contributed by atoms with Gasteiger partial charge in [-0.05, 0) is 18.2 Å². The van der Waals surface area contributed by atoms with E-state index in [0.717, 1.165) is 20.0 Å². The average molecular weight is 211 g/mol. The summed E-state index contributed by atoms with van der Waals surface area (Å²) in [5.41, 5.74) is 6.58. The summed E-state index contributed by atoms with van der Waals surface area (Å²) in [6.45, 7) is 0. The monoisotopic (exact) mass is 211 g/mol. The molecule has 0 radical (unpaired) electrons. The fourth-order valence-corrected chi connectivity index (χ4v) is 2.52. The summed E-state index contributed by atoms with van der Waals surface area (Å²) in [5, 5.41) is 1.02. The molecule has 0 saturated carbocycles. The van der Waals surface area contributed by atoms with Crippen molar-refractivity contribution in [2.75, 3.05) is 12.8 Å². The summed E-state index contributed by atoms with van der Waals surface area (Å²) in [4.78, 5) is 0. The summed E-state index contributed by atoms with van der Waals surface area (Å²) in [5.74, 6) is 0.721. The second-order valence-electron chi connectivity index (χ2n) is 2.68. The minimum atomic E-state index is 0.691. The molecule has 0 aliphatic rings. The van der Waals surface area contributed by atoms with E-state index < -0.39 is 0 Å². The fraction of sp³-hybridized carbons (Fsp3) is 0.111. The Kier molecular flexibility index (Phi) is 2.09. The first-order valence-corrected chi connectivity index (χ1v) is 5.03. The molecule has 0 aliphatic carbocycles. The number of hydrogen-bond donors (Lipinski definition) is 2. The van der Waals surface area contributed by atoms with Crippen LogP contribution in [0.1, 0.15) is 0 Å². The molecular formula is C9H9NOS2. The molecule has 0 unspecified atom stereocenters. The van der Waals surface area contributed by atoms with Gasteiger partial charge in [0.1, 0.15) is 5.75 Å². The fourth-order valence-electron chi connectivity index (χ4n) is 1.28. The predicted molar refractivity (Wildman–Crippen MR) is 60.0 cm³/mol. The van der Waals surface area contributed by atoms with Crippen molar-refractivity contribution in [1.82, 2.24) is 0 Å². The number of thiophene rings is 1. The summed E-state index contributed by atoms with van der Waals surface area (Å²) in [6, 6.07) is 5.83. The van der Waals surface area contributed by atoms with Crippen LogP contribution < -0.4 is 10.5 Å². The lowest BCUT2D eigenvalue weighted by Gasteiger charge is -2.03. The molecule has 0 fully saturated rings. The molecule has 0 saturated heterocycles. The van der Waals surface area contributed by atoms with Gasteiger partial charge in [0, 0.05) is 10.1 Å². The largest absolute Gasteiger partial charge is 0.495 e. The maximum absolute atomic E-state index is 5.89. The van der Waals surface area contributed by atoms with Gasteiger partial charge in [-0.3, -0.25) is 0 Å². The van der Waals surface area contributed by atoms with E-state index >= 15 is 0 Å². The molecule has 68 valence electrons. The Morgan fingerprint density at radius 2 is 2.23 bits per heavy atom. The highest BCUT2D eigenvalue weighted by Crippen LogP contribution is 2.36. The smallest absolute Gasteiger partial charge is 0.142 e. The normalized spacial score (nSPS) is 10.6. The molecule has 1 heterocycles. The first kappa shape index (κ1) is 8.72. The zero-order valence-electron chi connectivity index (χ0n) is 7.07. The average Bonchev–Trinajstić information content (AvgIpc) is 2.47. The first-order valence-electron chi connectivity index (χ1n) is 3.77. The highest BCUT2D eigenvalue weighted by Gasteiger charge is 2.06. The summed E-state index contributed by atoms with van der Waals surface area (Å²) >= 11 is 5.89. The van der Waals surface area contributed by atoms with Crippen molar-refractivity contribution in [1.29, 1.82) is 0 Å². The van der Waals surface area contributed by atoms with Gasteiger partial charge in [0.2, 0.25) is 0 Å². The number of rotatable bonds is 1. The summed E-state index contributed by atoms with van der Waals surface area (Å²) in [6.07, 6.45) is 0. The van der Waals surface area contributed by atoms with E-state index in [9.17, 15) is 0 Å². The molecule has 2 rings (SSSR count). The third-order valence-corrected chi connectivity index (χ3v) is 3.22. The van der Waals surface area contributed by atoms with E-state index in [0.29, 0.717) is 5.69 Å². The van der Waals surface area contributed by atoms with Gasteiger partial charge in [-0.25, -0.2) is 0 Å². The van der Waals surface area contributed by atoms with Crippen molar-refractivity contribution in [2.45, 2.75) is 4.21 Å². The number of hydrogen-bond acceptors (Lipinski definition) is 4. The number of nitrogen functional groups attached to an aromatic ring is 1. The number of thiol groups is 1. The number of nitrogens with two attached hydrogens (primary N) is 1. The molecule has 0 atom stereocenters. The molecule has 0 bridgehead atoms. The minimum Gasteiger partial charge on any atom is -0.495 e. The van der Waals surface area contributed by atoms with Gasteiger partial charge in [-0.15, -0.1) is 24.0 Å². The Morgan fingerprint density at radius 3 is 2.92 bits per heavy atom. The molecule has 4 heteroatoms. The molecule has 0 spiro atoms. The molecule has 2 nitrogen and oxygen atoms in total. The van der Waals surface area contributed by atoms with Crippen molar-refractivity contribution in [3.8, 4) is 5.75 Å². The Hall–Kier alpha value is -0.870. The van der Waals surface area contributed by atoms with Gasteiger partial charge < -0.3 is 10.5 Å². The van der Waals surface area contributed by atoms with Gasteiger partial charge in [-0.1, -0.05) is 0 Å². The van der Waals surface area contributed by atoms with Crippen molar-refractivity contribution in [3.05, 3.63) is 18.2 Å². The van der Waals surface area contributed by atoms with Crippen molar-refractivity contribution < 1.29 is 4.74 Å². The van der Waals surface area contributed by atoms with Gasteiger partial charge in [-0.2, -0.15) is 0 Å². The number of methoxy groups -OCH3 is 1. The maximum atomic E-state index is 5.89. The van der Waals surface area contributed by atoms with Crippen LogP contribution in [0.2, 0.25) is 0 Å². The highest BCUT2D eigenvalue weighted by molar-refractivity contribution is 7.83. The lowest BCUT2D eigenvalue weighted by atomic mass is 10.2. The molecule has 1 aromatic heterocycles. The van der Waals surface area contributed by atoms with Crippen LogP contribution in [0.5, 0.6) is 5.75 Å². The molecule has 13 heavy (non-hydrogen) atoms. The van der Waals surface area contributed by atoms with E-state index in [1.54, 1.807) is 18.4 Å². The zero-order chi connectivity index (χ0) is 9.42. The number of fused-ring (bicyclic) bond motifs is 1. The third kappa shape index (κ3) is 1.36. The lowest BCUT2D eigenvalue weighted by molar-refractivity contribution is 0.417. The topological polar surface area (TPSA) is 35.2 Å². The molecule has 1 aromatic carbocycles. The van der Waals surface area contributed by atoms with Crippen molar-refractivity contribution >= 4 is 39.7 Å². The highest BCUT2D eigenvalue weighted by atomic mass is 32.2. The summed E-state index contributed by atoms with van der Waals surface area (Å²) < 4.78 is 7.23. The maximum Gasteiger partial charge on any atom is 0.142 e. The van der Waals surface area contributed by atoms with Crippen LogP contribution in [0.15, 0.2) is 22.4 Å². The molecular weight excluding hydrogens is 202 g/mol. The standard InChI is InChI=1S/C9H9NOS2/c1-11-6-2-3-7-5(9(6)10)4-8(12)13-7/h2-4,12H,10H2,1H3. The van der Waals surface area contributed by atoms with Crippen LogP contribution in [0.3, 0.4) is 0 Å². The third-order valence-electron chi connectivity index (χ3n) is 1.91. The number of benzene rings is 1. The Balaban J connectivity index is 2.78. The Morgan fingerprint density at radius 1 is 1.46 bits per heavy atom. The van der Waals surface area contributed by atoms with Gasteiger partial charge >= 0.3 is 0 Å². The van der Waals surface area contributed by atoms with E-state index in [4.69, 9.17) is 10.5 Å². The van der Waals surface area contributed by atoms with Crippen molar-refractivity contribution in [3.63, 3.8) is 0 Å². The van der Waals surface area contributed by atoms with E-state index in [1.807, 2.05) is 18.2 Å². The van der Waals surface area contributed by atoms with E-state index in [1.165, 1.54) is 0 Å². The first-order chi connectivity index (χ1) is 6.22. The number of anilines is 1. The Bertz CT molecular complexity index is 450. The van der Waals surface area contributed by atoms with Crippen LogP contribution in [0.25, 0.3) is 10.1 Å². The minimum absolute atomic E-state index is 0.691. The van der Waals surface area contributed by atoms with Crippen LogP contribution in [-0.4, -0.2) is 7.11 Å². The van der Waals surface area contributed by atoms with Crippen molar-refractivity contribution in [2.24, 2.45) is 0 Å². The van der Waals surface area contributed by atoms with E-state index in [2.05, 4.69) is 12.6 Å². The van der Waals surface area contributed by atoms with Gasteiger partial charge in [0.15, 0.2) is 0 Å².